The molecule has 0 fully saturated rings. The highest BCUT2D eigenvalue weighted by Gasteiger charge is 2.21. The lowest BCUT2D eigenvalue weighted by molar-refractivity contribution is -0.153. The molecule has 6 nitrogen and oxygen atoms in total. The van der Waals surface area contributed by atoms with Gasteiger partial charge in [0.25, 0.3) is 0 Å². The number of carbonyl (C=O) groups is 1. The van der Waals surface area contributed by atoms with Crippen molar-refractivity contribution in [2.24, 2.45) is 0 Å². The molecule has 0 amide bonds. The van der Waals surface area contributed by atoms with E-state index in [1.54, 1.807) is 11.3 Å². The number of oxazole rings is 1. The third-order valence-corrected chi connectivity index (χ3v) is 5.80. The number of aryl methyl sites for hydroxylation is 2. The van der Waals surface area contributed by atoms with Crippen LogP contribution in [-0.4, -0.2) is 28.3 Å². The fraction of sp³-hybridized carbons (Fsp3) is 0.391. The Morgan fingerprint density at radius 3 is 2.53 bits per heavy atom. The Kier molecular flexibility index (Phi) is 7.29. The zero-order valence-electron chi connectivity index (χ0n) is 17.7. The van der Waals surface area contributed by atoms with Crippen molar-refractivity contribution in [1.29, 1.82) is 0 Å². The van der Waals surface area contributed by atoms with Gasteiger partial charge in [-0.2, -0.15) is 0 Å². The molecule has 7 heteroatoms. The number of hydrogen-bond donors (Lipinski definition) is 1. The van der Waals surface area contributed by atoms with Gasteiger partial charge in [0.15, 0.2) is 6.10 Å². The third kappa shape index (κ3) is 5.70. The summed E-state index contributed by atoms with van der Waals surface area (Å²) in [6, 6.07) is 11.4. The number of hydrogen-bond acceptors (Lipinski definition) is 6. The van der Waals surface area contributed by atoms with Crippen LogP contribution in [0.4, 0.5) is 0 Å². The Balaban J connectivity index is 1.59. The minimum Gasteiger partial charge on any atom is -0.487 e. The number of carboxylic acid groups (broad SMARTS) is 1. The van der Waals surface area contributed by atoms with Crippen molar-refractivity contribution in [3.8, 4) is 16.5 Å². The zero-order valence-corrected chi connectivity index (χ0v) is 18.5. The summed E-state index contributed by atoms with van der Waals surface area (Å²) in [7, 11) is 0. The molecular formula is C23H27NO5S. The summed E-state index contributed by atoms with van der Waals surface area (Å²) >= 11 is 1.64. The monoisotopic (exact) mass is 429 g/mol. The number of benzene rings is 1. The van der Waals surface area contributed by atoms with Gasteiger partial charge >= 0.3 is 5.97 Å². The van der Waals surface area contributed by atoms with Gasteiger partial charge in [-0.15, -0.1) is 11.3 Å². The largest absolute Gasteiger partial charge is 0.487 e. The van der Waals surface area contributed by atoms with Crippen molar-refractivity contribution < 1.29 is 23.8 Å². The Morgan fingerprint density at radius 2 is 1.93 bits per heavy atom. The second kappa shape index (κ2) is 9.91. The predicted octanol–water partition coefficient (Wildman–Crippen LogP) is 5.41. The van der Waals surface area contributed by atoms with Crippen LogP contribution >= 0.6 is 11.3 Å². The minimum absolute atomic E-state index is 0.0950. The van der Waals surface area contributed by atoms with Gasteiger partial charge in [-0.05, 0) is 57.0 Å². The van der Waals surface area contributed by atoms with E-state index in [1.807, 2.05) is 64.1 Å². The van der Waals surface area contributed by atoms with Gasteiger partial charge in [0.2, 0.25) is 5.89 Å². The van der Waals surface area contributed by atoms with Crippen molar-refractivity contribution >= 4 is 17.3 Å². The molecule has 2 heterocycles. The average Bonchev–Trinajstić information content (AvgIpc) is 3.32. The normalized spacial score (nSPS) is 13.2. The van der Waals surface area contributed by atoms with E-state index < -0.39 is 12.1 Å². The van der Waals surface area contributed by atoms with Crippen LogP contribution in [0.3, 0.4) is 0 Å². The Bertz CT molecular complexity index is 976. The summed E-state index contributed by atoms with van der Waals surface area (Å²) in [5, 5.41) is 9.39. The van der Waals surface area contributed by atoms with Gasteiger partial charge in [-0.3, -0.25) is 0 Å². The topological polar surface area (TPSA) is 81.8 Å². The van der Waals surface area contributed by atoms with E-state index >= 15 is 0 Å². The van der Waals surface area contributed by atoms with Crippen LogP contribution in [0.1, 0.15) is 42.2 Å². The number of aromatic nitrogens is 1. The maximum Gasteiger partial charge on any atom is 0.333 e. The van der Waals surface area contributed by atoms with Crippen molar-refractivity contribution in [2.45, 2.75) is 59.4 Å². The highest BCUT2D eigenvalue weighted by Crippen LogP contribution is 2.29. The standard InChI is InChI=1S/C23H27NO5S/c1-5-14(2)28-20(23(25)26)12-17-7-9-18(10-8-17)27-13-19-16(4)29-22(24-19)21-11-6-15(3)30-21/h6-11,14,20H,5,12-13H2,1-4H3,(H,25,26). The van der Waals surface area contributed by atoms with Crippen LogP contribution in [0.25, 0.3) is 10.8 Å². The van der Waals surface area contributed by atoms with E-state index in [-0.39, 0.29) is 6.10 Å². The van der Waals surface area contributed by atoms with Gasteiger partial charge in [0, 0.05) is 11.3 Å². The fourth-order valence-corrected chi connectivity index (χ4v) is 3.67. The number of nitrogens with zero attached hydrogens (tertiary/aromatic N) is 1. The molecule has 3 rings (SSSR count). The lowest BCUT2D eigenvalue weighted by Crippen LogP contribution is -2.30. The predicted molar refractivity (Wildman–Crippen MR) is 116 cm³/mol. The Hall–Kier alpha value is -2.64. The van der Waals surface area contributed by atoms with Gasteiger partial charge in [0.05, 0.1) is 11.0 Å². The Labute approximate surface area is 180 Å². The molecule has 3 aromatic rings. The maximum atomic E-state index is 11.5. The molecule has 0 bridgehead atoms. The minimum atomic E-state index is -0.950. The molecule has 0 saturated carbocycles. The molecule has 1 N–H and O–H groups in total. The quantitative estimate of drug-likeness (QED) is 0.464. The molecular weight excluding hydrogens is 402 g/mol. The number of carboxylic acids is 1. The lowest BCUT2D eigenvalue weighted by Gasteiger charge is -2.18. The summed E-state index contributed by atoms with van der Waals surface area (Å²) < 4.78 is 17.2. The first-order valence-corrected chi connectivity index (χ1v) is 10.8. The molecule has 160 valence electrons. The smallest absolute Gasteiger partial charge is 0.333 e. The molecule has 1 aromatic carbocycles. The van der Waals surface area contributed by atoms with E-state index in [4.69, 9.17) is 13.9 Å². The van der Waals surface area contributed by atoms with E-state index in [0.29, 0.717) is 24.7 Å². The first-order valence-electron chi connectivity index (χ1n) is 9.98. The summed E-state index contributed by atoms with van der Waals surface area (Å²) in [6.45, 7) is 8.07. The number of ether oxygens (including phenoxy) is 2. The highest BCUT2D eigenvalue weighted by molar-refractivity contribution is 7.15. The molecule has 0 spiro atoms. The molecule has 0 radical (unpaired) electrons. The average molecular weight is 430 g/mol. The second-order valence-electron chi connectivity index (χ2n) is 7.25. The molecule has 30 heavy (non-hydrogen) atoms. The van der Waals surface area contributed by atoms with Gasteiger partial charge in [-0.25, -0.2) is 9.78 Å². The molecule has 2 unspecified atom stereocenters. The molecule has 0 aliphatic carbocycles. The summed E-state index contributed by atoms with van der Waals surface area (Å²) in [5.41, 5.74) is 1.64. The Morgan fingerprint density at radius 1 is 1.20 bits per heavy atom. The van der Waals surface area contributed by atoms with E-state index in [1.165, 1.54) is 4.88 Å². The molecule has 0 saturated heterocycles. The van der Waals surface area contributed by atoms with E-state index in [2.05, 4.69) is 4.98 Å². The van der Waals surface area contributed by atoms with Crippen molar-refractivity contribution in [3.63, 3.8) is 0 Å². The van der Waals surface area contributed by atoms with Crippen LogP contribution in [-0.2, 0) is 22.6 Å². The van der Waals surface area contributed by atoms with Crippen molar-refractivity contribution in [3.05, 3.63) is 58.3 Å². The first kappa shape index (κ1) is 22.1. The van der Waals surface area contributed by atoms with Crippen LogP contribution in [0.5, 0.6) is 5.75 Å². The maximum absolute atomic E-state index is 11.5. The number of rotatable bonds is 10. The molecule has 0 aliphatic rings. The SMILES string of the molecule is CCC(C)OC(Cc1ccc(OCc2nc(-c3ccc(C)s3)oc2C)cc1)C(=O)O. The molecule has 0 aliphatic heterocycles. The lowest BCUT2D eigenvalue weighted by atomic mass is 10.1. The number of aliphatic carboxylic acids is 1. The summed E-state index contributed by atoms with van der Waals surface area (Å²) in [5.74, 6) is 1.08. The molecule has 2 atom stereocenters. The van der Waals surface area contributed by atoms with E-state index in [9.17, 15) is 9.90 Å². The van der Waals surface area contributed by atoms with Crippen LogP contribution in [0.15, 0.2) is 40.8 Å². The highest BCUT2D eigenvalue weighted by atomic mass is 32.1. The third-order valence-electron chi connectivity index (χ3n) is 4.81. The van der Waals surface area contributed by atoms with Gasteiger partial charge in [0.1, 0.15) is 23.8 Å². The molecule has 2 aromatic heterocycles. The summed E-state index contributed by atoms with van der Waals surface area (Å²) in [6.07, 6.45) is 0.129. The van der Waals surface area contributed by atoms with Gasteiger partial charge < -0.3 is 19.0 Å². The van der Waals surface area contributed by atoms with Gasteiger partial charge in [-0.1, -0.05) is 19.1 Å². The fourth-order valence-electron chi connectivity index (χ4n) is 2.87. The van der Waals surface area contributed by atoms with Crippen LogP contribution in [0.2, 0.25) is 0 Å². The van der Waals surface area contributed by atoms with Crippen LogP contribution in [0, 0.1) is 13.8 Å². The van der Waals surface area contributed by atoms with Crippen molar-refractivity contribution in [1.82, 2.24) is 4.98 Å². The first-order chi connectivity index (χ1) is 14.4. The van der Waals surface area contributed by atoms with Crippen LogP contribution < -0.4 is 4.74 Å². The zero-order chi connectivity index (χ0) is 21.7. The van der Waals surface area contributed by atoms with E-state index in [0.717, 1.165) is 28.3 Å². The van der Waals surface area contributed by atoms with Crippen molar-refractivity contribution in [2.75, 3.05) is 0 Å². The second-order valence-corrected chi connectivity index (χ2v) is 8.54. The summed E-state index contributed by atoms with van der Waals surface area (Å²) in [4.78, 5) is 18.2. The number of thiophene rings is 1.